The molecule has 1 N–H and O–H groups in total. The number of benzene rings is 1. The molecule has 0 saturated heterocycles. The molecule has 0 aromatic heterocycles. The van der Waals surface area contributed by atoms with Crippen LogP contribution in [-0.4, -0.2) is 25.0 Å². The van der Waals surface area contributed by atoms with E-state index in [1.807, 2.05) is 38.1 Å². The number of hydrogen-bond donors (Lipinski definition) is 1. The third-order valence-electron chi connectivity index (χ3n) is 2.74. The van der Waals surface area contributed by atoms with E-state index in [1.54, 1.807) is 0 Å². The van der Waals surface area contributed by atoms with Crippen LogP contribution in [0.2, 0.25) is 0 Å². The van der Waals surface area contributed by atoms with Gasteiger partial charge in [-0.25, -0.2) is 4.79 Å². The number of hydrogen-bond acceptors (Lipinski definition) is 3. The fourth-order valence-electron chi connectivity index (χ4n) is 1.86. The fraction of sp³-hybridized carbons (Fsp3) is 0.467. The molecule has 0 heterocycles. The van der Waals surface area contributed by atoms with Crippen molar-refractivity contribution < 1.29 is 14.3 Å². The van der Waals surface area contributed by atoms with Crippen molar-refractivity contribution in [2.45, 2.75) is 32.7 Å². The number of nitrogens with one attached hydrogen (secondary N) is 1. The first-order chi connectivity index (χ1) is 9.42. The van der Waals surface area contributed by atoms with Gasteiger partial charge in [0.2, 0.25) is 5.91 Å². The van der Waals surface area contributed by atoms with Crippen molar-refractivity contribution in [1.29, 1.82) is 0 Å². The Morgan fingerprint density at radius 3 is 2.60 bits per heavy atom. The van der Waals surface area contributed by atoms with E-state index in [-0.39, 0.29) is 11.8 Å². The van der Waals surface area contributed by atoms with Gasteiger partial charge < -0.3 is 10.1 Å². The van der Waals surface area contributed by atoms with Crippen molar-refractivity contribution in [3.05, 3.63) is 34.3 Å². The lowest BCUT2D eigenvalue weighted by Gasteiger charge is -2.17. The average Bonchev–Trinajstić information content (AvgIpc) is 2.36. The molecule has 0 bridgehead atoms. The Morgan fingerprint density at radius 1 is 1.35 bits per heavy atom. The minimum absolute atomic E-state index is 0.134. The molecule has 20 heavy (non-hydrogen) atoms. The number of methoxy groups -OCH3 is 1. The van der Waals surface area contributed by atoms with Gasteiger partial charge in [-0.3, -0.25) is 4.79 Å². The summed E-state index contributed by atoms with van der Waals surface area (Å²) in [5, 5.41) is 2.74. The molecule has 1 aromatic rings. The fourth-order valence-corrected chi connectivity index (χ4v) is 2.31. The molecule has 0 fully saturated rings. The molecule has 0 aliphatic carbocycles. The molecule has 1 atom stereocenters. The zero-order chi connectivity index (χ0) is 15.1. The normalized spacial score (nSPS) is 12.1. The molecule has 0 aliphatic rings. The van der Waals surface area contributed by atoms with Crippen molar-refractivity contribution in [3.8, 4) is 0 Å². The summed E-state index contributed by atoms with van der Waals surface area (Å²) in [4.78, 5) is 23.6. The molecule has 0 radical (unpaired) electrons. The Labute approximate surface area is 128 Å². The van der Waals surface area contributed by atoms with Gasteiger partial charge in [-0.2, -0.15) is 0 Å². The van der Waals surface area contributed by atoms with Crippen LogP contribution in [0.1, 0.15) is 25.8 Å². The standard InChI is InChI=1S/C15H20BrNO3/c1-10(2)7-14(18)17-13(15(19)20-3)9-11-5-4-6-12(16)8-11/h4-6,8,10,13H,7,9H2,1-3H3,(H,17,18)/t13-/m1/s1. The molecule has 0 spiro atoms. The van der Waals surface area contributed by atoms with Gasteiger partial charge in [0.15, 0.2) is 0 Å². The maximum Gasteiger partial charge on any atom is 0.328 e. The Hall–Kier alpha value is -1.36. The first-order valence-electron chi connectivity index (χ1n) is 6.54. The number of rotatable bonds is 6. The highest BCUT2D eigenvalue weighted by atomic mass is 79.9. The Morgan fingerprint density at radius 2 is 2.05 bits per heavy atom. The molecular formula is C15H20BrNO3. The summed E-state index contributed by atoms with van der Waals surface area (Å²) in [7, 11) is 1.32. The topological polar surface area (TPSA) is 55.4 Å². The first-order valence-corrected chi connectivity index (χ1v) is 7.33. The van der Waals surface area contributed by atoms with E-state index < -0.39 is 12.0 Å². The van der Waals surface area contributed by atoms with E-state index in [9.17, 15) is 9.59 Å². The van der Waals surface area contributed by atoms with E-state index in [0.717, 1.165) is 10.0 Å². The molecule has 1 amide bonds. The molecule has 4 nitrogen and oxygen atoms in total. The number of carbonyl (C=O) groups is 2. The molecule has 110 valence electrons. The van der Waals surface area contributed by atoms with Crippen molar-refractivity contribution in [2.24, 2.45) is 5.92 Å². The summed E-state index contributed by atoms with van der Waals surface area (Å²) in [6.07, 6.45) is 0.807. The summed E-state index contributed by atoms with van der Waals surface area (Å²) >= 11 is 3.39. The van der Waals surface area contributed by atoms with Gasteiger partial charge in [0.1, 0.15) is 6.04 Å². The quantitative estimate of drug-likeness (QED) is 0.809. The third-order valence-corrected chi connectivity index (χ3v) is 3.24. The zero-order valence-electron chi connectivity index (χ0n) is 12.0. The average molecular weight is 342 g/mol. The molecular weight excluding hydrogens is 322 g/mol. The van der Waals surface area contributed by atoms with Gasteiger partial charge in [0, 0.05) is 17.3 Å². The second-order valence-electron chi connectivity index (χ2n) is 5.08. The van der Waals surface area contributed by atoms with Crippen molar-refractivity contribution in [3.63, 3.8) is 0 Å². The predicted octanol–water partition coefficient (Wildman–Crippen LogP) is 2.70. The second kappa shape index (κ2) is 8.04. The number of halogens is 1. The van der Waals surface area contributed by atoms with Gasteiger partial charge in [-0.15, -0.1) is 0 Å². The van der Waals surface area contributed by atoms with E-state index in [0.29, 0.717) is 12.8 Å². The van der Waals surface area contributed by atoms with Crippen LogP contribution < -0.4 is 5.32 Å². The van der Waals surface area contributed by atoms with Crippen LogP contribution in [-0.2, 0) is 20.7 Å². The van der Waals surface area contributed by atoms with E-state index in [1.165, 1.54) is 7.11 Å². The lowest BCUT2D eigenvalue weighted by molar-refractivity contribution is -0.145. The third kappa shape index (κ3) is 5.74. The van der Waals surface area contributed by atoms with Crippen LogP contribution >= 0.6 is 15.9 Å². The van der Waals surface area contributed by atoms with Crippen molar-refractivity contribution in [2.75, 3.05) is 7.11 Å². The van der Waals surface area contributed by atoms with Crippen LogP contribution in [0.15, 0.2) is 28.7 Å². The monoisotopic (exact) mass is 341 g/mol. The molecule has 1 rings (SSSR count). The smallest absolute Gasteiger partial charge is 0.328 e. The molecule has 1 aromatic carbocycles. The van der Waals surface area contributed by atoms with Gasteiger partial charge in [0.25, 0.3) is 0 Å². The van der Waals surface area contributed by atoms with Gasteiger partial charge >= 0.3 is 5.97 Å². The minimum atomic E-state index is -0.652. The predicted molar refractivity (Wildman–Crippen MR) is 81.2 cm³/mol. The molecule has 0 saturated carbocycles. The summed E-state index contributed by atoms with van der Waals surface area (Å²) in [6.45, 7) is 3.92. The van der Waals surface area contributed by atoms with Crippen LogP contribution in [0.3, 0.4) is 0 Å². The number of carbonyl (C=O) groups excluding carboxylic acids is 2. The van der Waals surface area contributed by atoms with Gasteiger partial charge in [-0.1, -0.05) is 41.9 Å². The molecule has 0 unspecified atom stereocenters. The minimum Gasteiger partial charge on any atom is -0.467 e. The second-order valence-corrected chi connectivity index (χ2v) is 5.99. The summed E-state index contributed by atoms with van der Waals surface area (Å²) in [5.41, 5.74) is 0.958. The van der Waals surface area contributed by atoms with E-state index >= 15 is 0 Å². The van der Waals surface area contributed by atoms with E-state index in [2.05, 4.69) is 21.2 Å². The maximum absolute atomic E-state index is 11.8. The van der Waals surface area contributed by atoms with Crippen molar-refractivity contribution >= 4 is 27.8 Å². The SMILES string of the molecule is COC(=O)[C@@H](Cc1cccc(Br)c1)NC(=O)CC(C)C. The van der Waals surface area contributed by atoms with Crippen LogP contribution in [0.25, 0.3) is 0 Å². The van der Waals surface area contributed by atoms with E-state index in [4.69, 9.17) is 4.74 Å². The molecule has 5 heteroatoms. The highest BCUT2D eigenvalue weighted by Gasteiger charge is 2.22. The largest absolute Gasteiger partial charge is 0.467 e. The Bertz CT molecular complexity index is 474. The highest BCUT2D eigenvalue weighted by molar-refractivity contribution is 9.10. The Balaban J connectivity index is 2.74. The maximum atomic E-state index is 11.8. The number of amides is 1. The van der Waals surface area contributed by atoms with Crippen molar-refractivity contribution in [1.82, 2.24) is 5.32 Å². The first kappa shape index (κ1) is 16.7. The highest BCUT2D eigenvalue weighted by Crippen LogP contribution is 2.13. The summed E-state index contributed by atoms with van der Waals surface area (Å²) < 4.78 is 5.69. The van der Waals surface area contributed by atoms with Crippen LogP contribution in [0, 0.1) is 5.92 Å². The van der Waals surface area contributed by atoms with Gasteiger partial charge in [-0.05, 0) is 23.6 Å². The molecule has 0 aliphatic heterocycles. The Kier molecular flexibility index (Phi) is 6.71. The lowest BCUT2D eigenvalue weighted by Crippen LogP contribution is -2.43. The van der Waals surface area contributed by atoms with Gasteiger partial charge in [0.05, 0.1) is 7.11 Å². The van der Waals surface area contributed by atoms with Crippen LogP contribution in [0.4, 0.5) is 0 Å². The summed E-state index contributed by atoms with van der Waals surface area (Å²) in [6, 6.07) is 6.98. The summed E-state index contributed by atoms with van der Waals surface area (Å²) in [5.74, 6) is -0.313. The number of esters is 1. The zero-order valence-corrected chi connectivity index (χ0v) is 13.6. The lowest BCUT2D eigenvalue weighted by atomic mass is 10.0. The number of ether oxygens (including phenoxy) is 1. The van der Waals surface area contributed by atoms with Crippen LogP contribution in [0.5, 0.6) is 0 Å².